The molecule has 0 amide bonds. The highest BCUT2D eigenvalue weighted by atomic mass is 16.5. The molecule has 5 heteroatoms. The molecular formula is C26H34N3O2+. The number of aryl methyl sites for hydroxylation is 4. The molecule has 164 valence electrons. The second-order valence-corrected chi connectivity index (χ2v) is 9.65. The Morgan fingerprint density at radius 3 is 2.74 bits per heavy atom. The van der Waals surface area contributed by atoms with Crippen molar-refractivity contribution in [3.8, 4) is 0 Å². The molecule has 3 aromatic rings. The molecule has 0 N–H and O–H groups in total. The van der Waals surface area contributed by atoms with Crippen molar-refractivity contribution in [1.29, 1.82) is 0 Å². The topological polar surface area (TPSA) is 44.1 Å². The minimum Gasteiger partial charge on any atom is -0.415 e. The summed E-state index contributed by atoms with van der Waals surface area (Å²) in [6.45, 7) is 11.2. The molecule has 5 nitrogen and oxygen atoms in total. The lowest BCUT2D eigenvalue weighted by atomic mass is 10.0. The number of aromatic nitrogens is 2. The van der Waals surface area contributed by atoms with Gasteiger partial charge in [0.2, 0.25) is 6.73 Å². The van der Waals surface area contributed by atoms with Crippen LogP contribution in [0.2, 0.25) is 0 Å². The van der Waals surface area contributed by atoms with E-state index in [4.69, 9.17) is 4.74 Å². The molecular weight excluding hydrogens is 386 g/mol. The Kier molecular flexibility index (Phi) is 5.89. The van der Waals surface area contributed by atoms with E-state index in [1.54, 1.807) is 0 Å². The van der Waals surface area contributed by atoms with E-state index in [-0.39, 0.29) is 11.9 Å². The first kappa shape index (κ1) is 21.6. The van der Waals surface area contributed by atoms with E-state index in [9.17, 15) is 4.79 Å². The van der Waals surface area contributed by atoms with Crippen molar-refractivity contribution in [1.82, 2.24) is 9.55 Å². The Labute approximate surface area is 185 Å². The predicted molar refractivity (Wildman–Crippen MR) is 124 cm³/mol. The summed E-state index contributed by atoms with van der Waals surface area (Å²) >= 11 is 0. The van der Waals surface area contributed by atoms with E-state index in [0.717, 1.165) is 42.7 Å². The summed E-state index contributed by atoms with van der Waals surface area (Å²) < 4.78 is 8.88. The Hall–Kier alpha value is -2.66. The van der Waals surface area contributed by atoms with E-state index in [1.807, 2.05) is 27.0 Å². The van der Waals surface area contributed by atoms with E-state index < -0.39 is 0 Å². The Balaban J connectivity index is 1.63. The highest BCUT2D eigenvalue weighted by molar-refractivity contribution is 5.86. The summed E-state index contributed by atoms with van der Waals surface area (Å²) in [4.78, 5) is 16.5. The fourth-order valence-corrected chi connectivity index (χ4v) is 4.53. The largest absolute Gasteiger partial charge is 0.415 e. The lowest BCUT2D eigenvalue weighted by Crippen LogP contribution is -2.49. The molecule has 0 spiro atoms. The smallest absolute Gasteiger partial charge is 0.312 e. The lowest BCUT2D eigenvalue weighted by Gasteiger charge is -2.37. The number of rotatable bonds is 6. The molecule has 31 heavy (non-hydrogen) atoms. The number of quaternary nitrogens is 1. The summed E-state index contributed by atoms with van der Waals surface area (Å²) in [7, 11) is 2.20. The average Bonchev–Trinajstić information content (AvgIpc) is 3.03. The van der Waals surface area contributed by atoms with Crippen LogP contribution in [0.4, 0.5) is 0 Å². The zero-order valence-corrected chi connectivity index (χ0v) is 19.4. The number of ether oxygens (including phenoxy) is 1. The van der Waals surface area contributed by atoms with Crippen LogP contribution in [0.25, 0.3) is 10.9 Å². The predicted octanol–water partition coefficient (Wildman–Crippen LogP) is 4.56. The van der Waals surface area contributed by atoms with Crippen molar-refractivity contribution in [2.45, 2.75) is 53.6 Å². The van der Waals surface area contributed by atoms with Crippen molar-refractivity contribution in [3.63, 3.8) is 0 Å². The highest BCUT2D eigenvalue weighted by Crippen LogP contribution is 2.34. The summed E-state index contributed by atoms with van der Waals surface area (Å²) in [5.41, 5.74) is 7.76. The van der Waals surface area contributed by atoms with Crippen LogP contribution in [-0.4, -0.2) is 40.3 Å². The van der Waals surface area contributed by atoms with E-state index in [0.29, 0.717) is 6.73 Å². The van der Waals surface area contributed by atoms with Crippen LogP contribution < -0.4 is 0 Å². The van der Waals surface area contributed by atoms with Crippen LogP contribution >= 0.6 is 0 Å². The average molecular weight is 421 g/mol. The third-order valence-corrected chi connectivity index (χ3v) is 6.46. The second-order valence-electron chi connectivity index (χ2n) is 9.65. The van der Waals surface area contributed by atoms with Gasteiger partial charge in [0.15, 0.2) is 0 Å². The summed E-state index contributed by atoms with van der Waals surface area (Å²) in [6.07, 6.45) is 3.95. The minimum atomic E-state index is -0.116. The van der Waals surface area contributed by atoms with Crippen LogP contribution in [0.3, 0.4) is 0 Å². The van der Waals surface area contributed by atoms with Gasteiger partial charge in [-0.25, -0.2) is 0 Å². The lowest BCUT2D eigenvalue weighted by molar-refractivity contribution is -0.940. The van der Waals surface area contributed by atoms with Crippen LogP contribution in [-0.2, 0) is 35.5 Å². The molecule has 1 aliphatic rings. The fourth-order valence-electron chi connectivity index (χ4n) is 4.53. The molecule has 1 unspecified atom stereocenters. The van der Waals surface area contributed by atoms with Gasteiger partial charge in [-0.2, -0.15) is 0 Å². The maximum Gasteiger partial charge on any atom is 0.312 e. The molecule has 0 saturated heterocycles. The number of esters is 1. The van der Waals surface area contributed by atoms with Crippen molar-refractivity contribution in [3.05, 3.63) is 64.6 Å². The van der Waals surface area contributed by atoms with E-state index in [1.165, 1.54) is 33.3 Å². The number of pyridine rings is 1. The molecule has 1 atom stereocenters. The first-order chi connectivity index (χ1) is 14.8. The number of nitrogens with zero attached hydrogens (tertiary/aromatic N) is 3. The Bertz CT molecular complexity index is 1100. The third-order valence-electron chi connectivity index (χ3n) is 6.46. The van der Waals surface area contributed by atoms with Crippen LogP contribution in [0, 0.1) is 19.8 Å². The van der Waals surface area contributed by atoms with Crippen molar-refractivity contribution < 1.29 is 14.0 Å². The van der Waals surface area contributed by atoms with E-state index in [2.05, 4.69) is 53.9 Å². The van der Waals surface area contributed by atoms with Crippen LogP contribution in [0.5, 0.6) is 0 Å². The molecule has 4 rings (SSSR count). The van der Waals surface area contributed by atoms with Crippen molar-refractivity contribution >= 4 is 16.9 Å². The number of carbonyl (C=O) groups is 1. The zero-order chi connectivity index (χ0) is 22.2. The molecule has 0 aliphatic carbocycles. The van der Waals surface area contributed by atoms with Gasteiger partial charge in [0.05, 0.1) is 19.5 Å². The Morgan fingerprint density at radius 2 is 2.03 bits per heavy atom. The maximum atomic E-state index is 12.0. The first-order valence-electron chi connectivity index (χ1n) is 11.3. The van der Waals surface area contributed by atoms with Gasteiger partial charge in [0, 0.05) is 47.0 Å². The van der Waals surface area contributed by atoms with E-state index >= 15 is 0 Å². The number of benzene rings is 1. The SMILES string of the molecule is Cc1ccc2c(c1)c1c(n2CCc2ccc(C)nc2)CC[N+](C)(COC(=O)C(C)C)C1. The molecule has 1 aromatic carbocycles. The maximum absolute atomic E-state index is 12.0. The zero-order valence-electron chi connectivity index (χ0n) is 19.4. The molecule has 0 radical (unpaired) electrons. The summed E-state index contributed by atoms with van der Waals surface area (Å²) in [6, 6.07) is 11.1. The van der Waals surface area contributed by atoms with Crippen molar-refractivity contribution in [2.24, 2.45) is 5.92 Å². The molecule has 3 heterocycles. The van der Waals surface area contributed by atoms with Crippen LogP contribution in [0.1, 0.15) is 41.9 Å². The number of likely N-dealkylation sites (N-methyl/N-ethyl adjacent to an activating group) is 1. The quantitative estimate of drug-likeness (QED) is 0.434. The Morgan fingerprint density at radius 1 is 1.23 bits per heavy atom. The standard InChI is InChI=1S/C26H34N3O2/c1-18(2)26(30)31-17-29(5)13-11-25-23(16-29)22-14-19(3)6-9-24(22)28(25)12-10-21-8-7-20(4)27-15-21/h6-9,14-15,18H,10-13,16-17H2,1-5H3/q+1. The number of fused-ring (bicyclic) bond motifs is 3. The van der Waals surface area contributed by atoms with Gasteiger partial charge in [-0.15, -0.1) is 0 Å². The number of hydrogen-bond donors (Lipinski definition) is 0. The highest BCUT2D eigenvalue weighted by Gasteiger charge is 2.34. The first-order valence-corrected chi connectivity index (χ1v) is 11.3. The molecule has 0 bridgehead atoms. The molecule has 0 saturated carbocycles. The van der Waals surface area contributed by atoms with Gasteiger partial charge in [-0.1, -0.05) is 31.5 Å². The molecule has 2 aromatic heterocycles. The third kappa shape index (κ3) is 4.52. The van der Waals surface area contributed by atoms with Gasteiger partial charge in [0.25, 0.3) is 0 Å². The summed E-state index contributed by atoms with van der Waals surface area (Å²) in [5, 5.41) is 1.34. The molecule has 1 aliphatic heterocycles. The van der Waals surface area contributed by atoms with Gasteiger partial charge >= 0.3 is 5.97 Å². The summed E-state index contributed by atoms with van der Waals surface area (Å²) in [5.74, 6) is -0.206. The van der Waals surface area contributed by atoms with Gasteiger partial charge in [0.1, 0.15) is 6.54 Å². The van der Waals surface area contributed by atoms with Gasteiger partial charge < -0.3 is 9.30 Å². The fraction of sp³-hybridized carbons (Fsp3) is 0.462. The molecule has 0 fully saturated rings. The van der Waals surface area contributed by atoms with Gasteiger partial charge in [-0.3, -0.25) is 14.3 Å². The van der Waals surface area contributed by atoms with Gasteiger partial charge in [-0.05, 0) is 44.0 Å². The normalized spacial score (nSPS) is 18.4. The number of hydrogen-bond acceptors (Lipinski definition) is 3. The monoisotopic (exact) mass is 420 g/mol. The minimum absolute atomic E-state index is 0.0900. The van der Waals surface area contributed by atoms with Crippen molar-refractivity contribution in [2.75, 3.05) is 20.3 Å². The van der Waals surface area contributed by atoms with Crippen LogP contribution in [0.15, 0.2) is 36.5 Å². The second kappa shape index (κ2) is 8.46. The number of carbonyl (C=O) groups excluding carboxylic acids is 1.